The molecule has 1 aromatic heterocycles. The highest BCUT2D eigenvalue weighted by molar-refractivity contribution is 5.68. The van der Waals surface area contributed by atoms with Gasteiger partial charge in [0.2, 0.25) is 0 Å². The molecule has 16 heavy (non-hydrogen) atoms. The van der Waals surface area contributed by atoms with Crippen LogP contribution in [0, 0.1) is 0 Å². The van der Waals surface area contributed by atoms with Gasteiger partial charge in [-0.3, -0.25) is 4.79 Å². The molecule has 0 aromatic carbocycles. The van der Waals surface area contributed by atoms with Crippen LogP contribution in [-0.2, 0) is 4.79 Å². The van der Waals surface area contributed by atoms with Crippen LogP contribution in [0.4, 0.5) is 5.82 Å². The second kappa shape index (κ2) is 4.92. The Morgan fingerprint density at radius 1 is 1.56 bits per heavy atom. The molecule has 0 bridgehead atoms. The summed E-state index contributed by atoms with van der Waals surface area (Å²) >= 11 is 0. The number of anilines is 1. The van der Waals surface area contributed by atoms with Crippen molar-refractivity contribution in [2.45, 2.75) is 31.7 Å². The standard InChI is InChI=1S/C11H15N3O2/c15-11(16)8-9-4-1-2-7-14(9)10-5-3-6-12-13-10/h3,5-6,9H,1-2,4,7-8H2,(H,15,16). The van der Waals surface area contributed by atoms with Crippen LogP contribution >= 0.6 is 0 Å². The van der Waals surface area contributed by atoms with Gasteiger partial charge in [-0.2, -0.15) is 5.10 Å². The maximum atomic E-state index is 10.8. The Kier molecular flexibility index (Phi) is 3.34. The Morgan fingerprint density at radius 2 is 2.44 bits per heavy atom. The van der Waals surface area contributed by atoms with Crippen LogP contribution in [0.25, 0.3) is 0 Å². The van der Waals surface area contributed by atoms with Crippen molar-refractivity contribution in [2.75, 3.05) is 11.4 Å². The first-order valence-corrected chi connectivity index (χ1v) is 5.53. The van der Waals surface area contributed by atoms with Crippen molar-refractivity contribution in [1.82, 2.24) is 10.2 Å². The molecular formula is C11H15N3O2. The van der Waals surface area contributed by atoms with Gasteiger partial charge in [-0.15, -0.1) is 5.10 Å². The quantitative estimate of drug-likeness (QED) is 0.833. The van der Waals surface area contributed by atoms with Crippen molar-refractivity contribution < 1.29 is 9.90 Å². The maximum Gasteiger partial charge on any atom is 0.305 e. The van der Waals surface area contributed by atoms with Crippen LogP contribution in [-0.4, -0.2) is 33.9 Å². The van der Waals surface area contributed by atoms with Gasteiger partial charge < -0.3 is 10.0 Å². The summed E-state index contributed by atoms with van der Waals surface area (Å²) in [4.78, 5) is 12.8. The summed E-state index contributed by atoms with van der Waals surface area (Å²) in [6, 6.07) is 3.77. The van der Waals surface area contributed by atoms with E-state index >= 15 is 0 Å². The van der Waals surface area contributed by atoms with E-state index in [0.29, 0.717) is 0 Å². The number of aromatic nitrogens is 2. The summed E-state index contributed by atoms with van der Waals surface area (Å²) < 4.78 is 0. The van der Waals surface area contributed by atoms with E-state index in [1.807, 2.05) is 12.1 Å². The van der Waals surface area contributed by atoms with Crippen molar-refractivity contribution in [2.24, 2.45) is 0 Å². The molecule has 1 aliphatic heterocycles. The van der Waals surface area contributed by atoms with Gasteiger partial charge in [-0.1, -0.05) is 0 Å². The van der Waals surface area contributed by atoms with Gasteiger partial charge in [0.1, 0.15) is 0 Å². The number of aliphatic carboxylic acids is 1. The van der Waals surface area contributed by atoms with Crippen LogP contribution in [0.5, 0.6) is 0 Å². The van der Waals surface area contributed by atoms with E-state index in [1.165, 1.54) is 0 Å². The van der Waals surface area contributed by atoms with Crippen LogP contribution in [0.3, 0.4) is 0 Å². The summed E-state index contributed by atoms with van der Waals surface area (Å²) in [7, 11) is 0. The summed E-state index contributed by atoms with van der Waals surface area (Å²) in [5.74, 6) is 0.0363. The fourth-order valence-electron chi connectivity index (χ4n) is 2.16. The number of hydrogen-bond acceptors (Lipinski definition) is 4. The number of carboxylic acid groups (broad SMARTS) is 1. The minimum atomic E-state index is -0.749. The molecule has 0 radical (unpaired) electrons. The number of rotatable bonds is 3. The average molecular weight is 221 g/mol. The van der Waals surface area contributed by atoms with Gasteiger partial charge in [0, 0.05) is 18.8 Å². The van der Waals surface area contributed by atoms with Crippen molar-refractivity contribution in [1.29, 1.82) is 0 Å². The molecule has 2 rings (SSSR count). The Labute approximate surface area is 94.1 Å². The third-order valence-electron chi connectivity index (χ3n) is 2.89. The van der Waals surface area contributed by atoms with E-state index in [-0.39, 0.29) is 12.5 Å². The molecule has 1 aromatic rings. The monoisotopic (exact) mass is 221 g/mol. The van der Waals surface area contributed by atoms with Gasteiger partial charge in [-0.05, 0) is 31.4 Å². The first-order valence-electron chi connectivity index (χ1n) is 5.53. The maximum absolute atomic E-state index is 10.8. The number of carbonyl (C=O) groups is 1. The van der Waals surface area contributed by atoms with Crippen LogP contribution in [0.1, 0.15) is 25.7 Å². The molecule has 1 N–H and O–H groups in total. The first kappa shape index (κ1) is 10.9. The molecular weight excluding hydrogens is 206 g/mol. The van der Waals surface area contributed by atoms with Gasteiger partial charge in [0.25, 0.3) is 0 Å². The largest absolute Gasteiger partial charge is 0.481 e. The van der Waals surface area contributed by atoms with Crippen molar-refractivity contribution >= 4 is 11.8 Å². The predicted molar refractivity (Wildman–Crippen MR) is 59.3 cm³/mol. The number of hydrogen-bond donors (Lipinski definition) is 1. The second-order valence-corrected chi connectivity index (χ2v) is 4.02. The molecule has 1 fully saturated rings. The molecule has 1 atom stereocenters. The van der Waals surface area contributed by atoms with Crippen LogP contribution in [0.2, 0.25) is 0 Å². The number of nitrogens with zero attached hydrogens (tertiary/aromatic N) is 3. The summed E-state index contributed by atoms with van der Waals surface area (Å²) in [6.07, 6.45) is 4.90. The SMILES string of the molecule is O=C(O)CC1CCCCN1c1cccnn1. The lowest BCUT2D eigenvalue weighted by Gasteiger charge is -2.35. The zero-order valence-corrected chi connectivity index (χ0v) is 9.04. The normalized spacial score (nSPS) is 20.8. The highest BCUT2D eigenvalue weighted by Gasteiger charge is 2.25. The van der Waals surface area contributed by atoms with E-state index in [0.717, 1.165) is 31.6 Å². The third kappa shape index (κ3) is 2.48. The van der Waals surface area contributed by atoms with Crippen molar-refractivity contribution in [3.8, 4) is 0 Å². The fraction of sp³-hybridized carbons (Fsp3) is 0.545. The lowest BCUT2D eigenvalue weighted by molar-refractivity contribution is -0.137. The van der Waals surface area contributed by atoms with Crippen LogP contribution < -0.4 is 4.90 Å². The Bertz CT molecular complexity index is 356. The van der Waals surface area contributed by atoms with E-state index in [1.54, 1.807) is 6.20 Å². The van der Waals surface area contributed by atoms with Crippen molar-refractivity contribution in [3.05, 3.63) is 18.3 Å². The molecule has 2 heterocycles. The molecule has 1 aliphatic rings. The minimum Gasteiger partial charge on any atom is -0.481 e. The predicted octanol–water partition coefficient (Wildman–Crippen LogP) is 1.31. The van der Waals surface area contributed by atoms with E-state index in [2.05, 4.69) is 15.1 Å². The number of carboxylic acids is 1. The molecule has 0 amide bonds. The number of piperidine rings is 1. The molecule has 5 nitrogen and oxygen atoms in total. The zero-order chi connectivity index (χ0) is 11.4. The third-order valence-corrected chi connectivity index (χ3v) is 2.89. The Morgan fingerprint density at radius 3 is 3.12 bits per heavy atom. The average Bonchev–Trinajstić information content (AvgIpc) is 2.30. The van der Waals surface area contributed by atoms with E-state index in [9.17, 15) is 4.79 Å². The molecule has 0 spiro atoms. The minimum absolute atomic E-state index is 0.0583. The summed E-state index contributed by atoms with van der Waals surface area (Å²) in [6.45, 7) is 0.872. The zero-order valence-electron chi connectivity index (χ0n) is 9.04. The summed E-state index contributed by atoms with van der Waals surface area (Å²) in [5, 5.41) is 16.7. The summed E-state index contributed by atoms with van der Waals surface area (Å²) in [5.41, 5.74) is 0. The highest BCUT2D eigenvalue weighted by Crippen LogP contribution is 2.24. The van der Waals surface area contributed by atoms with Gasteiger partial charge in [0.05, 0.1) is 6.42 Å². The smallest absolute Gasteiger partial charge is 0.305 e. The highest BCUT2D eigenvalue weighted by atomic mass is 16.4. The van der Waals surface area contributed by atoms with Gasteiger partial charge in [-0.25, -0.2) is 0 Å². The molecule has 0 aliphatic carbocycles. The Hall–Kier alpha value is -1.65. The topological polar surface area (TPSA) is 66.3 Å². The molecule has 1 saturated heterocycles. The van der Waals surface area contributed by atoms with E-state index < -0.39 is 5.97 Å². The van der Waals surface area contributed by atoms with Gasteiger partial charge >= 0.3 is 5.97 Å². The van der Waals surface area contributed by atoms with E-state index in [4.69, 9.17) is 5.11 Å². The lowest BCUT2D eigenvalue weighted by Crippen LogP contribution is -2.41. The second-order valence-electron chi connectivity index (χ2n) is 4.02. The molecule has 0 saturated carbocycles. The molecule has 86 valence electrons. The fourth-order valence-corrected chi connectivity index (χ4v) is 2.16. The Balaban J connectivity index is 2.13. The first-order chi connectivity index (χ1) is 7.77. The lowest BCUT2D eigenvalue weighted by atomic mass is 9.99. The molecule has 5 heteroatoms. The van der Waals surface area contributed by atoms with Crippen LogP contribution in [0.15, 0.2) is 18.3 Å². The molecule has 1 unspecified atom stereocenters. The van der Waals surface area contributed by atoms with Crippen molar-refractivity contribution in [3.63, 3.8) is 0 Å². The van der Waals surface area contributed by atoms with Gasteiger partial charge in [0.15, 0.2) is 5.82 Å².